The molecule has 2 aromatic carbocycles. The van der Waals surface area contributed by atoms with Gasteiger partial charge in [0.25, 0.3) is 0 Å². The van der Waals surface area contributed by atoms with Gasteiger partial charge in [0.15, 0.2) is 5.17 Å². The minimum absolute atomic E-state index is 0.0106. The Bertz CT molecular complexity index is 989. The van der Waals surface area contributed by atoms with Crippen LogP contribution in [-0.2, 0) is 20.7 Å². The quantitative estimate of drug-likeness (QED) is 0.666. The summed E-state index contributed by atoms with van der Waals surface area (Å²) in [7, 11) is 0. The van der Waals surface area contributed by atoms with Crippen LogP contribution in [0.15, 0.2) is 53.5 Å². The molecular formula is C24H26FN3O3S. The topological polar surface area (TPSA) is 71.0 Å². The maximum absolute atomic E-state index is 13.2. The van der Waals surface area contributed by atoms with Crippen molar-refractivity contribution >= 4 is 40.1 Å². The number of carbonyl (C=O) groups is 2. The number of rotatable bonds is 7. The molecule has 2 atom stereocenters. The van der Waals surface area contributed by atoms with Crippen molar-refractivity contribution in [3.05, 3.63) is 59.9 Å². The second-order valence-corrected chi connectivity index (χ2v) is 9.03. The number of thioether (sulfide) groups is 1. The van der Waals surface area contributed by atoms with Gasteiger partial charge in [-0.3, -0.25) is 14.5 Å². The minimum Gasteiger partial charge on any atom is -0.376 e. The van der Waals surface area contributed by atoms with Crippen LogP contribution in [0.25, 0.3) is 0 Å². The first-order chi connectivity index (χ1) is 15.5. The number of nitrogens with zero attached hydrogens (tertiary/aromatic N) is 2. The Labute approximate surface area is 191 Å². The Balaban J connectivity index is 1.49. The number of benzene rings is 2. The molecule has 0 aliphatic carbocycles. The highest BCUT2D eigenvalue weighted by Gasteiger charge is 2.40. The van der Waals surface area contributed by atoms with Crippen LogP contribution in [0.2, 0.25) is 0 Å². The Kier molecular flexibility index (Phi) is 7.22. The summed E-state index contributed by atoms with van der Waals surface area (Å²) < 4.78 is 18.8. The Morgan fingerprint density at radius 2 is 1.97 bits per heavy atom. The summed E-state index contributed by atoms with van der Waals surface area (Å²) >= 11 is 1.31. The Morgan fingerprint density at radius 3 is 2.62 bits per heavy atom. The third-order valence-corrected chi connectivity index (χ3v) is 6.67. The van der Waals surface area contributed by atoms with Crippen LogP contribution in [0.4, 0.5) is 15.8 Å². The Morgan fingerprint density at radius 1 is 1.22 bits per heavy atom. The lowest BCUT2D eigenvalue weighted by molar-refractivity contribution is -0.129. The molecule has 2 amide bonds. The molecule has 2 saturated heterocycles. The van der Waals surface area contributed by atoms with E-state index in [2.05, 4.69) is 12.2 Å². The fourth-order valence-electron chi connectivity index (χ4n) is 3.72. The van der Waals surface area contributed by atoms with Crippen LogP contribution in [0.5, 0.6) is 0 Å². The van der Waals surface area contributed by atoms with Crippen molar-refractivity contribution in [2.24, 2.45) is 4.99 Å². The number of amidine groups is 1. The largest absolute Gasteiger partial charge is 0.376 e. The van der Waals surface area contributed by atoms with E-state index in [1.165, 1.54) is 41.6 Å². The molecule has 2 aliphatic rings. The average molecular weight is 456 g/mol. The van der Waals surface area contributed by atoms with E-state index in [0.717, 1.165) is 24.9 Å². The summed E-state index contributed by atoms with van der Waals surface area (Å²) in [5, 5.41) is 2.76. The highest BCUT2D eigenvalue weighted by molar-refractivity contribution is 8.15. The van der Waals surface area contributed by atoms with Crippen LogP contribution < -0.4 is 5.32 Å². The highest BCUT2D eigenvalue weighted by atomic mass is 32.2. The second-order valence-electron chi connectivity index (χ2n) is 7.86. The molecule has 32 heavy (non-hydrogen) atoms. The summed E-state index contributed by atoms with van der Waals surface area (Å²) in [6.45, 7) is 3.24. The molecule has 8 heteroatoms. The smallest absolute Gasteiger partial charge is 0.242 e. The summed E-state index contributed by atoms with van der Waals surface area (Å²) in [6.07, 6.45) is 2.83. The van der Waals surface area contributed by atoms with Gasteiger partial charge >= 0.3 is 0 Å². The number of hydrogen-bond acceptors (Lipinski definition) is 5. The predicted octanol–water partition coefficient (Wildman–Crippen LogP) is 4.53. The SMILES string of the molecule is CCc1ccc(N=C2SC(CC(=O)Nc3ccc(F)cc3)C(=O)N2CC2CCCO2)cc1. The standard InChI is InChI=1S/C24H26FN3O3S/c1-2-16-5-9-19(10-6-16)27-24-28(15-20-4-3-13-31-20)23(30)21(32-24)14-22(29)26-18-11-7-17(25)8-12-18/h5-12,20-21H,2-4,13-15H2,1H3,(H,26,29). The summed E-state index contributed by atoms with van der Waals surface area (Å²) in [6, 6.07) is 13.5. The number of amides is 2. The molecule has 4 rings (SSSR count). The second kappa shape index (κ2) is 10.3. The van der Waals surface area contributed by atoms with E-state index in [0.29, 0.717) is 24.0 Å². The zero-order valence-corrected chi connectivity index (χ0v) is 18.7. The molecule has 1 N–H and O–H groups in total. The first kappa shape index (κ1) is 22.5. The molecule has 2 unspecified atom stereocenters. The minimum atomic E-state index is -0.564. The number of aliphatic imine (C=N–C) groups is 1. The van der Waals surface area contributed by atoms with Crippen LogP contribution in [0, 0.1) is 5.82 Å². The number of nitrogens with one attached hydrogen (secondary N) is 1. The van der Waals surface area contributed by atoms with E-state index in [9.17, 15) is 14.0 Å². The normalized spacial score (nSPS) is 22.0. The van der Waals surface area contributed by atoms with Crippen molar-refractivity contribution in [2.45, 2.75) is 44.0 Å². The maximum Gasteiger partial charge on any atom is 0.242 e. The molecule has 168 valence electrons. The van der Waals surface area contributed by atoms with Gasteiger partial charge < -0.3 is 10.1 Å². The molecule has 0 saturated carbocycles. The van der Waals surface area contributed by atoms with Crippen molar-refractivity contribution in [3.63, 3.8) is 0 Å². The van der Waals surface area contributed by atoms with E-state index in [4.69, 9.17) is 9.73 Å². The van der Waals surface area contributed by atoms with Crippen molar-refractivity contribution in [2.75, 3.05) is 18.5 Å². The zero-order valence-electron chi connectivity index (χ0n) is 17.9. The lowest BCUT2D eigenvalue weighted by Gasteiger charge is -2.20. The van der Waals surface area contributed by atoms with Gasteiger partial charge in [-0.2, -0.15) is 0 Å². The summed E-state index contributed by atoms with van der Waals surface area (Å²) in [5.41, 5.74) is 2.48. The number of carbonyl (C=O) groups excluding carboxylic acids is 2. The van der Waals surface area contributed by atoms with Gasteiger partial charge in [-0.25, -0.2) is 9.38 Å². The zero-order chi connectivity index (χ0) is 22.5. The van der Waals surface area contributed by atoms with Crippen LogP contribution in [0.1, 0.15) is 31.7 Å². The van der Waals surface area contributed by atoms with E-state index in [1.54, 1.807) is 4.90 Å². The monoisotopic (exact) mass is 455 g/mol. The molecule has 0 bridgehead atoms. The van der Waals surface area contributed by atoms with Gasteiger partial charge in [-0.15, -0.1) is 0 Å². The van der Waals surface area contributed by atoms with Gasteiger partial charge in [0.2, 0.25) is 11.8 Å². The third-order valence-electron chi connectivity index (χ3n) is 5.50. The van der Waals surface area contributed by atoms with E-state index < -0.39 is 5.25 Å². The van der Waals surface area contributed by atoms with Crippen molar-refractivity contribution in [1.29, 1.82) is 0 Å². The molecule has 2 aromatic rings. The first-order valence-electron chi connectivity index (χ1n) is 10.8. The van der Waals surface area contributed by atoms with Gasteiger partial charge in [0, 0.05) is 18.7 Å². The van der Waals surface area contributed by atoms with Crippen LogP contribution >= 0.6 is 11.8 Å². The number of ether oxygens (including phenoxy) is 1. The van der Waals surface area contributed by atoms with Crippen molar-refractivity contribution in [3.8, 4) is 0 Å². The first-order valence-corrected chi connectivity index (χ1v) is 11.7. The summed E-state index contributed by atoms with van der Waals surface area (Å²) in [4.78, 5) is 32.1. The molecule has 6 nitrogen and oxygen atoms in total. The number of halogens is 1. The lowest BCUT2D eigenvalue weighted by Crippen LogP contribution is -2.38. The van der Waals surface area contributed by atoms with Crippen LogP contribution in [0.3, 0.4) is 0 Å². The average Bonchev–Trinajstić information content (AvgIpc) is 3.40. The van der Waals surface area contributed by atoms with E-state index in [-0.39, 0.29) is 30.2 Å². The fourth-order valence-corrected chi connectivity index (χ4v) is 4.88. The number of hydrogen-bond donors (Lipinski definition) is 1. The maximum atomic E-state index is 13.2. The van der Waals surface area contributed by atoms with Gasteiger partial charge in [-0.05, 0) is 61.2 Å². The molecule has 0 radical (unpaired) electrons. The lowest BCUT2D eigenvalue weighted by atomic mass is 10.1. The van der Waals surface area contributed by atoms with Gasteiger partial charge in [-0.1, -0.05) is 30.8 Å². The molecule has 0 spiro atoms. The number of anilines is 1. The van der Waals surface area contributed by atoms with Gasteiger partial charge in [0.05, 0.1) is 18.3 Å². The molecule has 2 aliphatic heterocycles. The molecular weight excluding hydrogens is 429 g/mol. The number of aryl methyl sites for hydroxylation is 1. The summed E-state index contributed by atoms with van der Waals surface area (Å²) in [5.74, 6) is -0.807. The highest BCUT2D eigenvalue weighted by Crippen LogP contribution is 2.33. The fraction of sp³-hybridized carbons (Fsp3) is 0.375. The predicted molar refractivity (Wildman–Crippen MR) is 125 cm³/mol. The van der Waals surface area contributed by atoms with Gasteiger partial charge in [0.1, 0.15) is 11.1 Å². The van der Waals surface area contributed by atoms with E-state index in [1.807, 2.05) is 24.3 Å². The molecule has 0 aromatic heterocycles. The van der Waals surface area contributed by atoms with Crippen molar-refractivity contribution in [1.82, 2.24) is 4.90 Å². The molecule has 2 heterocycles. The van der Waals surface area contributed by atoms with Crippen LogP contribution in [-0.4, -0.2) is 46.4 Å². The molecule has 2 fully saturated rings. The third kappa shape index (κ3) is 5.55. The van der Waals surface area contributed by atoms with E-state index >= 15 is 0 Å². The van der Waals surface area contributed by atoms with Crippen molar-refractivity contribution < 1.29 is 18.7 Å². The Hall–Kier alpha value is -2.71.